The molecule has 3 aromatic rings. The monoisotopic (exact) mass is 344 g/mol. The molecule has 3 rings (SSSR count). The first kappa shape index (κ1) is 16.4. The molecule has 6 heteroatoms. The van der Waals surface area contributed by atoms with E-state index in [9.17, 15) is 9.90 Å². The minimum absolute atomic E-state index is 0.231. The highest BCUT2D eigenvalue weighted by molar-refractivity contribution is 6.34. The number of halogens is 1. The number of carbonyl (C=O) groups is 1. The molecule has 0 bridgehead atoms. The number of H-pyrrole nitrogens is 1. The largest absolute Gasteiger partial charge is 0.492 e. The van der Waals surface area contributed by atoms with Crippen LogP contribution in [-0.4, -0.2) is 36.3 Å². The summed E-state index contributed by atoms with van der Waals surface area (Å²) in [5.74, 6) is -0.193. The minimum atomic E-state index is -0.970. The predicted molar refractivity (Wildman–Crippen MR) is 95.1 cm³/mol. The van der Waals surface area contributed by atoms with Crippen molar-refractivity contribution >= 4 is 28.5 Å². The van der Waals surface area contributed by atoms with Crippen LogP contribution >= 0.6 is 11.6 Å². The third-order valence-corrected chi connectivity index (χ3v) is 4.10. The molecule has 0 aliphatic carbocycles. The van der Waals surface area contributed by atoms with Crippen molar-refractivity contribution in [1.29, 1.82) is 0 Å². The number of carboxylic acid groups (broad SMARTS) is 1. The highest BCUT2D eigenvalue weighted by Crippen LogP contribution is 2.34. The van der Waals surface area contributed by atoms with Crippen molar-refractivity contribution in [2.24, 2.45) is 0 Å². The highest BCUT2D eigenvalue weighted by Gasteiger charge is 2.14. The fourth-order valence-corrected chi connectivity index (χ4v) is 2.82. The Morgan fingerprint density at radius 1 is 1.29 bits per heavy atom. The molecule has 0 unspecified atom stereocenters. The third-order valence-electron chi connectivity index (χ3n) is 3.79. The molecule has 124 valence electrons. The summed E-state index contributed by atoms with van der Waals surface area (Å²) in [4.78, 5) is 14.2. The van der Waals surface area contributed by atoms with E-state index in [4.69, 9.17) is 16.3 Å². The highest BCUT2D eigenvalue weighted by atomic mass is 35.5. The van der Waals surface area contributed by atoms with Gasteiger partial charge in [0.25, 0.3) is 0 Å². The van der Waals surface area contributed by atoms with E-state index in [1.165, 1.54) is 6.20 Å². The van der Waals surface area contributed by atoms with E-state index in [1.807, 2.05) is 31.3 Å². The Hall–Kier alpha value is -2.50. The molecule has 0 spiro atoms. The van der Waals surface area contributed by atoms with Crippen molar-refractivity contribution in [3.63, 3.8) is 0 Å². The molecular weight excluding hydrogens is 328 g/mol. The topological polar surface area (TPSA) is 74.3 Å². The number of hydrogen-bond acceptors (Lipinski definition) is 3. The summed E-state index contributed by atoms with van der Waals surface area (Å²) in [6.45, 7) is 1.36. The second-order valence-corrected chi connectivity index (χ2v) is 5.77. The van der Waals surface area contributed by atoms with Gasteiger partial charge >= 0.3 is 5.97 Å². The minimum Gasteiger partial charge on any atom is -0.492 e. The first-order valence-corrected chi connectivity index (χ1v) is 7.89. The van der Waals surface area contributed by atoms with Gasteiger partial charge in [-0.1, -0.05) is 23.7 Å². The van der Waals surface area contributed by atoms with Gasteiger partial charge in [0.05, 0.1) is 10.6 Å². The maximum Gasteiger partial charge on any atom is 0.337 e. The van der Waals surface area contributed by atoms with E-state index in [2.05, 4.69) is 10.3 Å². The van der Waals surface area contributed by atoms with Crippen molar-refractivity contribution < 1.29 is 14.6 Å². The molecule has 0 radical (unpaired) electrons. The van der Waals surface area contributed by atoms with E-state index in [0.717, 1.165) is 23.4 Å². The maximum atomic E-state index is 11.3. The average Bonchev–Trinajstić information content (AvgIpc) is 2.98. The van der Waals surface area contributed by atoms with E-state index >= 15 is 0 Å². The van der Waals surface area contributed by atoms with Crippen LogP contribution in [0.1, 0.15) is 10.4 Å². The van der Waals surface area contributed by atoms with Crippen LogP contribution in [0.15, 0.2) is 42.6 Å². The van der Waals surface area contributed by atoms with Crippen LogP contribution in [-0.2, 0) is 0 Å². The number of aromatic carboxylic acids is 1. The molecule has 0 saturated heterocycles. The molecule has 3 N–H and O–H groups in total. The van der Waals surface area contributed by atoms with E-state index < -0.39 is 5.97 Å². The van der Waals surface area contributed by atoms with Crippen LogP contribution in [0, 0.1) is 0 Å². The molecule has 1 aromatic heterocycles. The maximum absolute atomic E-state index is 11.3. The summed E-state index contributed by atoms with van der Waals surface area (Å²) < 4.78 is 5.60. The number of fused-ring (bicyclic) bond motifs is 1. The zero-order valence-corrected chi connectivity index (χ0v) is 13.9. The average molecular weight is 345 g/mol. The number of rotatable bonds is 6. The molecule has 0 saturated carbocycles. The van der Waals surface area contributed by atoms with Crippen molar-refractivity contribution in [3.05, 3.63) is 53.2 Å². The zero-order chi connectivity index (χ0) is 17.1. The van der Waals surface area contributed by atoms with Crippen molar-refractivity contribution in [1.82, 2.24) is 10.3 Å². The van der Waals surface area contributed by atoms with Gasteiger partial charge in [-0.3, -0.25) is 0 Å². The number of carboxylic acids is 1. The van der Waals surface area contributed by atoms with E-state index in [-0.39, 0.29) is 5.56 Å². The lowest BCUT2D eigenvalue weighted by Gasteiger charge is -2.09. The van der Waals surface area contributed by atoms with Crippen LogP contribution < -0.4 is 10.1 Å². The van der Waals surface area contributed by atoms with Crippen molar-refractivity contribution in [2.75, 3.05) is 20.2 Å². The van der Waals surface area contributed by atoms with Gasteiger partial charge in [0.2, 0.25) is 0 Å². The smallest absolute Gasteiger partial charge is 0.337 e. The summed E-state index contributed by atoms with van der Waals surface area (Å²) in [7, 11) is 1.87. The van der Waals surface area contributed by atoms with Gasteiger partial charge in [-0.05, 0) is 36.9 Å². The number of aromatic nitrogens is 1. The normalized spacial score (nSPS) is 10.9. The van der Waals surface area contributed by atoms with Gasteiger partial charge in [-0.15, -0.1) is 0 Å². The summed E-state index contributed by atoms with van der Waals surface area (Å²) in [5, 5.41) is 13.5. The Kier molecular flexibility index (Phi) is 4.74. The van der Waals surface area contributed by atoms with Gasteiger partial charge in [0.1, 0.15) is 12.4 Å². The summed E-state index contributed by atoms with van der Waals surface area (Å²) >= 11 is 6.36. The van der Waals surface area contributed by atoms with Crippen LogP contribution in [0.4, 0.5) is 0 Å². The molecule has 0 atom stereocenters. The second-order valence-electron chi connectivity index (χ2n) is 5.36. The molecule has 5 nitrogen and oxygen atoms in total. The number of hydrogen-bond donors (Lipinski definition) is 3. The molecule has 0 fully saturated rings. The summed E-state index contributed by atoms with van der Waals surface area (Å²) in [6.07, 6.45) is 1.48. The molecular formula is C18H17ClN2O3. The number of ether oxygens (including phenoxy) is 1. The Morgan fingerprint density at radius 3 is 2.71 bits per heavy atom. The van der Waals surface area contributed by atoms with Gasteiger partial charge < -0.3 is 20.1 Å². The van der Waals surface area contributed by atoms with Crippen LogP contribution in [0.25, 0.3) is 22.0 Å². The first-order valence-electron chi connectivity index (χ1n) is 7.52. The number of aromatic amines is 1. The Bertz CT molecular complexity index is 872. The Balaban J connectivity index is 1.94. The van der Waals surface area contributed by atoms with Gasteiger partial charge in [0.15, 0.2) is 0 Å². The van der Waals surface area contributed by atoms with E-state index in [0.29, 0.717) is 22.5 Å². The lowest BCUT2D eigenvalue weighted by atomic mass is 10.0. The lowest BCUT2D eigenvalue weighted by molar-refractivity contribution is 0.0699. The number of benzene rings is 2. The van der Waals surface area contributed by atoms with Crippen LogP contribution in [0.2, 0.25) is 5.02 Å². The molecule has 24 heavy (non-hydrogen) atoms. The van der Waals surface area contributed by atoms with Crippen molar-refractivity contribution in [2.45, 2.75) is 0 Å². The molecule has 1 heterocycles. The second kappa shape index (κ2) is 6.95. The first-order chi connectivity index (χ1) is 11.6. The summed E-state index contributed by atoms with van der Waals surface area (Å²) in [5.41, 5.74) is 2.62. The quantitative estimate of drug-likeness (QED) is 0.595. The molecule has 0 aliphatic heterocycles. The Morgan fingerprint density at radius 2 is 2.04 bits per heavy atom. The van der Waals surface area contributed by atoms with Crippen LogP contribution in [0.5, 0.6) is 5.75 Å². The van der Waals surface area contributed by atoms with E-state index in [1.54, 1.807) is 12.1 Å². The molecule has 0 aliphatic rings. The SMILES string of the molecule is CNCCOc1ccc(-c2cc3c(C(=O)O)c[nH]c3cc2Cl)cc1. The van der Waals surface area contributed by atoms with Crippen molar-refractivity contribution in [3.8, 4) is 16.9 Å². The predicted octanol–water partition coefficient (Wildman–Crippen LogP) is 3.78. The van der Waals surface area contributed by atoms with Crippen LogP contribution in [0.3, 0.4) is 0 Å². The fourth-order valence-electron chi connectivity index (χ4n) is 2.54. The number of likely N-dealkylation sites (N-methyl/N-ethyl adjacent to an activating group) is 1. The Labute approximate surface area is 144 Å². The fraction of sp³-hybridized carbons (Fsp3) is 0.167. The van der Waals surface area contributed by atoms with Gasteiger partial charge in [-0.2, -0.15) is 0 Å². The number of nitrogens with one attached hydrogen (secondary N) is 2. The standard InChI is InChI=1S/C18H17ClN2O3/c1-20-6-7-24-12-4-2-11(3-5-12)13-8-14-15(18(22)23)10-21-17(14)9-16(13)19/h2-5,8-10,20-21H,6-7H2,1H3,(H,22,23). The van der Waals surface area contributed by atoms with Gasteiger partial charge in [-0.25, -0.2) is 4.79 Å². The lowest BCUT2D eigenvalue weighted by Crippen LogP contribution is -2.15. The summed E-state index contributed by atoms with van der Waals surface area (Å²) in [6, 6.07) is 11.1. The molecule has 0 amide bonds. The zero-order valence-electron chi connectivity index (χ0n) is 13.1. The third kappa shape index (κ3) is 3.22. The molecule has 2 aromatic carbocycles. The van der Waals surface area contributed by atoms with Gasteiger partial charge in [0, 0.05) is 29.2 Å².